The van der Waals surface area contributed by atoms with Crippen molar-refractivity contribution in [1.82, 2.24) is 10.9 Å². The van der Waals surface area contributed by atoms with Crippen molar-refractivity contribution < 1.29 is 22.4 Å². The third-order valence-corrected chi connectivity index (χ3v) is 6.90. The van der Waals surface area contributed by atoms with Crippen LogP contribution >= 0.6 is 27.3 Å². The van der Waals surface area contributed by atoms with E-state index in [0.29, 0.717) is 4.47 Å². The fourth-order valence-electron chi connectivity index (χ4n) is 2.30. The van der Waals surface area contributed by atoms with Crippen molar-refractivity contribution in [1.29, 1.82) is 0 Å². The van der Waals surface area contributed by atoms with Gasteiger partial charge in [-0.3, -0.25) is 25.2 Å². The zero-order valence-corrected chi connectivity index (χ0v) is 17.7. The van der Waals surface area contributed by atoms with Crippen LogP contribution in [-0.4, -0.2) is 20.2 Å². The first kappa shape index (κ1) is 21.0. The van der Waals surface area contributed by atoms with Crippen LogP contribution in [0.25, 0.3) is 0 Å². The predicted molar refractivity (Wildman–Crippen MR) is 111 cm³/mol. The standard InChI is InChI=1S/C18H13BrFN3O4S2/c19-11-7-8-12(14(20)10-11)17(24)21-22-18(25)13-4-1-2-5-15(13)23-29(26,27)16-6-3-9-28-16/h1-10,23H,(H,21,24)(H,22,25). The van der Waals surface area contributed by atoms with Gasteiger partial charge >= 0.3 is 0 Å². The van der Waals surface area contributed by atoms with Gasteiger partial charge in [0.2, 0.25) is 0 Å². The average Bonchev–Trinajstić information content (AvgIpc) is 3.22. The third-order valence-electron chi connectivity index (χ3n) is 3.64. The second kappa shape index (κ2) is 8.72. The van der Waals surface area contributed by atoms with Crippen LogP contribution in [0.4, 0.5) is 10.1 Å². The van der Waals surface area contributed by atoms with Gasteiger partial charge < -0.3 is 0 Å². The number of hydrogen-bond donors (Lipinski definition) is 3. The highest BCUT2D eigenvalue weighted by Crippen LogP contribution is 2.22. The SMILES string of the molecule is O=C(NNC(=O)c1ccccc1NS(=O)(=O)c1cccs1)c1ccc(Br)cc1F. The molecule has 11 heteroatoms. The molecule has 0 aliphatic heterocycles. The molecule has 3 N–H and O–H groups in total. The molecule has 0 aliphatic rings. The Morgan fingerprint density at radius 3 is 2.28 bits per heavy atom. The molecule has 1 heterocycles. The quantitative estimate of drug-likeness (QED) is 0.469. The fraction of sp³-hybridized carbons (Fsp3) is 0. The topological polar surface area (TPSA) is 104 Å². The maximum Gasteiger partial charge on any atom is 0.272 e. The number of carbonyl (C=O) groups excluding carboxylic acids is 2. The van der Waals surface area contributed by atoms with Crippen molar-refractivity contribution in [2.24, 2.45) is 0 Å². The largest absolute Gasteiger partial charge is 0.278 e. The average molecular weight is 498 g/mol. The molecule has 0 atom stereocenters. The van der Waals surface area contributed by atoms with E-state index in [1.165, 1.54) is 36.4 Å². The lowest BCUT2D eigenvalue weighted by Gasteiger charge is -2.13. The smallest absolute Gasteiger partial charge is 0.272 e. The Balaban J connectivity index is 1.74. The van der Waals surface area contributed by atoms with Gasteiger partial charge in [0.25, 0.3) is 21.8 Å². The summed E-state index contributed by atoms with van der Waals surface area (Å²) in [6.45, 7) is 0. The fourth-order valence-corrected chi connectivity index (χ4v) is 4.71. The molecular weight excluding hydrogens is 485 g/mol. The molecule has 3 aromatic rings. The molecule has 0 fully saturated rings. The number of thiophene rings is 1. The minimum Gasteiger partial charge on any atom is -0.278 e. The van der Waals surface area contributed by atoms with Crippen LogP contribution in [0.15, 0.2) is 68.7 Å². The molecule has 29 heavy (non-hydrogen) atoms. The van der Waals surface area contributed by atoms with Crippen LogP contribution in [0.2, 0.25) is 0 Å². The van der Waals surface area contributed by atoms with Crippen molar-refractivity contribution in [3.8, 4) is 0 Å². The van der Waals surface area contributed by atoms with Gasteiger partial charge in [-0.2, -0.15) is 0 Å². The maximum absolute atomic E-state index is 13.9. The lowest BCUT2D eigenvalue weighted by molar-refractivity contribution is 0.0844. The molecule has 0 saturated carbocycles. The van der Waals surface area contributed by atoms with Crippen molar-refractivity contribution in [3.05, 3.63) is 81.4 Å². The normalized spacial score (nSPS) is 11.0. The summed E-state index contributed by atoms with van der Waals surface area (Å²) in [5.41, 5.74) is 4.00. The number of benzene rings is 2. The Kier molecular flexibility index (Phi) is 6.30. The maximum atomic E-state index is 13.9. The number of hydrogen-bond acceptors (Lipinski definition) is 5. The highest BCUT2D eigenvalue weighted by atomic mass is 79.9. The van der Waals surface area contributed by atoms with E-state index in [4.69, 9.17) is 0 Å². The van der Waals surface area contributed by atoms with E-state index in [1.54, 1.807) is 17.5 Å². The van der Waals surface area contributed by atoms with Crippen molar-refractivity contribution in [2.45, 2.75) is 4.21 Å². The van der Waals surface area contributed by atoms with Crippen LogP contribution in [-0.2, 0) is 10.0 Å². The number of sulfonamides is 1. The number of anilines is 1. The zero-order valence-electron chi connectivity index (χ0n) is 14.5. The van der Waals surface area contributed by atoms with E-state index in [0.717, 1.165) is 17.4 Å². The first-order valence-corrected chi connectivity index (χ1v) is 11.1. The summed E-state index contributed by atoms with van der Waals surface area (Å²) in [6.07, 6.45) is 0. The van der Waals surface area contributed by atoms with Crippen LogP contribution in [0.1, 0.15) is 20.7 Å². The summed E-state index contributed by atoms with van der Waals surface area (Å²) in [7, 11) is -3.86. The molecule has 7 nitrogen and oxygen atoms in total. The van der Waals surface area contributed by atoms with Gasteiger partial charge in [0, 0.05) is 4.47 Å². The lowest BCUT2D eigenvalue weighted by atomic mass is 10.2. The molecule has 150 valence electrons. The van der Waals surface area contributed by atoms with E-state index >= 15 is 0 Å². The van der Waals surface area contributed by atoms with Gasteiger partial charge in [-0.1, -0.05) is 34.1 Å². The first-order valence-electron chi connectivity index (χ1n) is 7.99. The van der Waals surface area contributed by atoms with Crippen LogP contribution in [0.3, 0.4) is 0 Å². The highest BCUT2D eigenvalue weighted by molar-refractivity contribution is 9.10. The summed E-state index contributed by atoms with van der Waals surface area (Å²) in [5.74, 6) is -2.41. The van der Waals surface area contributed by atoms with Crippen molar-refractivity contribution >= 4 is 54.8 Å². The molecule has 0 unspecified atom stereocenters. The van der Waals surface area contributed by atoms with E-state index in [9.17, 15) is 22.4 Å². The van der Waals surface area contributed by atoms with Crippen LogP contribution < -0.4 is 15.6 Å². The summed E-state index contributed by atoms with van der Waals surface area (Å²) in [5, 5.41) is 1.62. The second-order valence-electron chi connectivity index (χ2n) is 5.62. The molecule has 0 bridgehead atoms. The van der Waals surface area contributed by atoms with Crippen molar-refractivity contribution in [3.63, 3.8) is 0 Å². The number of rotatable bonds is 5. The van der Waals surface area contributed by atoms with Crippen LogP contribution in [0.5, 0.6) is 0 Å². The Labute approximate surface area is 178 Å². The van der Waals surface area contributed by atoms with Gasteiger partial charge in [0.05, 0.1) is 16.8 Å². The van der Waals surface area contributed by atoms with E-state index in [2.05, 4.69) is 31.5 Å². The highest BCUT2D eigenvalue weighted by Gasteiger charge is 2.20. The summed E-state index contributed by atoms with van der Waals surface area (Å²) < 4.78 is 41.6. The molecule has 0 saturated heterocycles. The Bertz CT molecular complexity index is 1170. The molecule has 2 amide bonds. The van der Waals surface area contributed by atoms with Crippen LogP contribution in [0, 0.1) is 5.82 Å². The summed E-state index contributed by atoms with van der Waals surface area (Å²) in [4.78, 5) is 24.5. The van der Waals surface area contributed by atoms with Gasteiger partial charge in [-0.05, 0) is 41.8 Å². The van der Waals surface area contributed by atoms with Gasteiger partial charge in [-0.15, -0.1) is 11.3 Å². The van der Waals surface area contributed by atoms with Gasteiger partial charge in [-0.25, -0.2) is 12.8 Å². The number of halogens is 2. The van der Waals surface area contributed by atoms with E-state index < -0.39 is 27.7 Å². The zero-order chi connectivity index (χ0) is 21.0. The number of hydrazine groups is 1. The minimum atomic E-state index is -3.86. The number of nitrogens with one attached hydrogen (secondary N) is 3. The van der Waals surface area contributed by atoms with Crippen molar-refractivity contribution in [2.75, 3.05) is 4.72 Å². The number of para-hydroxylation sites is 1. The molecular formula is C18H13BrFN3O4S2. The van der Waals surface area contributed by atoms with Gasteiger partial charge in [0.1, 0.15) is 10.0 Å². The van der Waals surface area contributed by atoms with E-state index in [-0.39, 0.29) is 21.0 Å². The monoisotopic (exact) mass is 497 g/mol. The molecule has 2 aromatic carbocycles. The van der Waals surface area contributed by atoms with Gasteiger partial charge in [0.15, 0.2) is 0 Å². The molecule has 0 radical (unpaired) electrons. The predicted octanol–water partition coefficient (Wildman–Crippen LogP) is 3.53. The Morgan fingerprint density at radius 2 is 1.62 bits per heavy atom. The first-order chi connectivity index (χ1) is 13.8. The third kappa shape index (κ3) is 5.00. The molecule has 0 spiro atoms. The Morgan fingerprint density at radius 1 is 0.931 bits per heavy atom. The second-order valence-corrected chi connectivity index (χ2v) is 9.39. The molecule has 1 aromatic heterocycles. The summed E-state index contributed by atoms with van der Waals surface area (Å²) >= 11 is 4.12. The summed E-state index contributed by atoms with van der Waals surface area (Å²) in [6, 6.07) is 12.8. The molecule has 0 aliphatic carbocycles. The molecule has 3 rings (SSSR count). The van der Waals surface area contributed by atoms with E-state index in [1.807, 2.05) is 0 Å². The minimum absolute atomic E-state index is 0.0239. The lowest BCUT2D eigenvalue weighted by Crippen LogP contribution is -2.42. The Hall–Kier alpha value is -2.76. The number of carbonyl (C=O) groups is 2. The number of amides is 2.